The molecule has 0 aromatic heterocycles. The predicted octanol–water partition coefficient (Wildman–Crippen LogP) is 5.63. The lowest BCUT2D eigenvalue weighted by atomic mass is 10.1. The standard InChI is InChI=1S/C24H22FN3O/c25-22-16-8-7-15-21(22)23(26-19-11-3-1-4-12-19)28(20-13-5-2-6-14-20)24(29)27-17-9-10-18-27/h1-8,11-16H,9-10,17-18H2. The van der Waals surface area contributed by atoms with Crippen LogP contribution in [-0.4, -0.2) is 29.9 Å². The van der Waals surface area contributed by atoms with Crippen molar-refractivity contribution in [3.8, 4) is 0 Å². The first kappa shape index (κ1) is 18.9. The average molecular weight is 387 g/mol. The first-order valence-corrected chi connectivity index (χ1v) is 9.77. The maximum Gasteiger partial charge on any atom is 0.330 e. The van der Waals surface area contributed by atoms with E-state index >= 15 is 0 Å². The van der Waals surface area contributed by atoms with Gasteiger partial charge in [-0.05, 0) is 49.2 Å². The fraction of sp³-hybridized carbons (Fsp3) is 0.167. The minimum absolute atomic E-state index is 0.188. The van der Waals surface area contributed by atoms with Crippen molar-refractivity contribution in [1.82, 2.24) is 4.90 Å². The van der Waals surface area contributed by atoms with Crippen molar-refractivity contribution in [2.24, 2.45) is 4.99 Å². The van der Waals surface area contributed by atoms with E-state index in [0.717, 1.165) is 12.8 Å². The molecule has 4 rings (SSSR count). The summed E-state index contributed by atoms with van der Waals surface area (Å²) < 4.78 is 14.8. The van der Waals surface area contributed by atoms with Crippen molar-refractivity contribution in [1.29, 1.82) is 0 Å². The highest BCUT2D eigenvalue weighted by atomic mass is 19.1. The number of para-hydroxylation sites is 2. The SMILES string of the molecule is O=C(N1CCCC1)N(C(=Nc1ccccc1)c1ccccc1F)c1ccccc1. The van der Waals surface area contributed by atoms with Crippen LogP contribution in [0.2, 0.25) is 0 Å². The summed E-state index contributed by atoms with van der Waals surface area (Å²) in [4.78, 5) is 21.5. The molecular weight excluding hydrogens is 365 g/mol. The number of halogens is 1. The molecule has 1 aliphatic heterocycles. The summed E-state index contributed by atoms with van der Waals surface area (Å²) in [6, 6.07) is 24.8. The van der Waals surface area contributed by atoms with Crippen molar-refractivity contribution in [3.05, 3.63) is 96.3 Å². The number of benzene rings is 3. The van der Waals surface area contributed by atoms with Crippen LogP contribution in [0.15, 0.2) is 89.9 Å². The van der Waals surface area contributed by atoms with Gasteiger partial charge in [-0.1, -0.05) is 48.5 Å². The number of aliphatic imine (C=N–C) groups is 1. The number of carbonyl (C=O) groups is 1. The second-order valence-corrected chi connectivity index (χ2v) is 6.90. The van der Waals surface area contributed by atoms with Gasteiger partial charge in [0, 0.05) is 13.1 Å². The lowest BCUT2D eigenvalue weighted by Gasteiger charge is -2.29. The Morgan fingerprint density at radius 2 is 1.41 bits per heavy atom. The largest absolute Gasteiger partial charge is 0.330 e. The summed E-state index contributed by atoms with van der Waals surface area (Å²) in [5.41, 5.74) is 1.59. The minimum Gasteiger partial charge on any atom is -0.324 e. The predicted molar refractivity (Wildman–Crippen MR) is 114 cm³/mol. The van der Waals surface area contributed by atoms with Gasteiger partial charge < -0.3 is 4.90 Å². The third-order valence-electron chi connectivity index (χ3n) is 4.90. The van der Waals surface area contributed by atoms with Crippen LogP contribution in [0.25, 0.3) is 0 Å². The van der Waals surface area contributed by atoms with Crippen LogP contribution in [0.4, 0.5) is 20.6 Å². The van der Waals surface area contributed by atoms with Crippen molar-refractivity contribution < 1.29 is 9.18 Å². The van der Waals surface area contributed by atoms with Gasteiger partial charge >= 0.3 is 6.03 Å². The van der Waals surface area contributed by atoms with E-state index in [0.29, 0.717) is 24.5 Å². The van der Waals surface area contributed by atoms with E-state index in [9.17, 15) is 9.18 Å². The van der Waals surface area contributed by atoms with Gasteiger partial charge in [-0.2, -0.15) is 0 Å². The minimum atomic E-state index is -0.419. The molecule has 0 spiro atoms. The quantitative estimate of drug-likeness (QED) is 0.424. The molecule has 1 aliphatic rings. The fourth-order valence-electron chi connectivity index (χ4n) is 3.45. The number of hydrogen-bond acceptors (Lipinski definition) is 2. The highest BCUT2D eigenvalue weighted by Gasteiger charge is 2.30. The second-order valence-electron chi connectivity index (χ2n) is 6.90. The third-order valence-corrected chi connectivity index (χ3v) is 4.90. The lowest BCUT2D eigenvalue weighted by Crippen LogP contribution is -2.46. The highest BCUT2D eigenvalue weighted by Crippen LogP contribution is 2.25. The number of amidine groups is 1. The van der Waals surface area contributed by atoms with E-state index in [1.54, 1.807) is 23.1 Å². The van der Waals surface area contributed by atoms with Crippen LogP contribution in [0.3, 0.4) is 0 Å². The number of nitrogens with zero attached hydrogens (tertiary/aromatic N) is 3. The van der Waals surface area contributed by atoms with Gasteiger partial charge in [0.15, 0.2) is 5.84 Å². The third kappa shape index (κ3) is 4.19. The Labute approximate surface area is 169 Å². The zero-order valence-corrected chi connectivity index (χ0v) is 16.0. The van der Waals surface area contributed by atoms with Crippen LogP contribution in [0, 0.1) is 5.82 Å². The van der Waals surface area contributed by atoms with E-state index in [2.05, 4.69) is 0 Å². The number of carbonyl (C=O) groups excluding carboxylic acids is 1. The summed E-state index contributed by atoms with van der Waals surface area (Å²) in [6.07, 6.45) is 1.94. The molecule has 1 fully saturated rings. The van der Waals surface area contributed by atoms with Gasteiger partial charge in [0.05, 0.1) is 16.9 Å². The Balaban J connectivity index is 1.89. The molecule has 0 bridgehead atoms. The molecule has 29 heavy (non-hydrogen) atoms. The van der Waals surface area contributed by atoms with E-state index in [1.807, 2.05) is 60.7 Å². The van der Waals surface area contributed by atoms with Crippen LogP contribution < -0.4 is 4.90 Å². The monoisotopic (exact) mass is 387 g/mol. The molecule has 2 amide bonds. The molecular formula is C24H22FN3O. The topological polar surface area (TPSA) is 35.9 Å². The number of urea groups is 1. The van der Waals surface area contributed by atoms with Gasteiger partial charge in [0.1, 0.15) is 5.82 Å². The van der Waals surface area contributed by atoms with Crippen molar-refractivity contribution in [3.63, 3.8) is 0 Å². The average Bonchev–Trinajstić information content (AvgIpc) is 3.30. The van der Waals surface area contributed by atoms with Gasteiger partial charge in [0.25, 0.3) is 0 Å². The molecule has 4 nitrogen and oxygen atoms in total. The summed E-state index contributed by atoms with van der Waals surface area (Å²) in [5.74, 6) is -0.144. The number of amides is 2. The molecule has 5 heteroatoms. The summed E-state index contributed by atoms with van der Waals surface area (Å²) in [7, 11) is 0. The first-order valence-electron chi connectivity index (χ1n) is 9.77. The maximum atomic E-state index is 14.8. The smallest absolute Gasteiger partial charge is 0.324 e. The summed E-state index contributed by atoms with van der Waals surface area (Å²) >= 11 is 0. The molecule has 0 atom stereocenters. The number of likely N-dealkylation sites (tertiary alicyclic amines) is 1. The van der Waals surface area contributed by atoms with E-state index in [4.69, 9.17) is 4.99 Å². The van der Waals surface area contributed by atoms with E-state index in [1.165, 1.54) is 11.0 Å². The summed E-state index contributed by atoms with van der Waals surface area (Å²) in [5, 5.41) is 0. The fourth-order valence-corrected chi connectivity index (χ4v) is 3.45. The maximum absolute atomic E-state index is 14.8. The normalized spacial score (nSPS) is 14.1. The molecule has 1 saturated heterocycles. The molecule has 0 N–H and O–H groups in total. The summed E-state index contributed by atoms with van der Waals surface area (Å²) in [6.45, 7) is 1.39. The Kier molecular flexibility index (Phi) is 5.66. The molecule has 0 unspecified atom stereocenters. The zero-order valence-electron chi connectivity index (χ0n) is 16.0. The first-order chi connectivity index (χ1) is 14.2. The second kappa shape index (κ2) is 8.69. The van der Waals surface area contributed by atoms with Gasteiger partial charge in [0.2, 0.25) is 0 Å². The Bertz CT molecular complexity index is 999. The Hall–Kier alpha value is -3.47. The number of anilines is 1. The number of rotatable bonds is 3. The van der Waals surface area contributed by atoms with Gasteiger partial charge in [-0.3, -0.25) is 0 Å². The molecule has 0 aliphatic carbocycles. The van der Waals surface area contributed by atoms with E-state index < -0.39 is 5.82 Å². The van der Waals surface area contributed by atoms with Crippen LogP contribution >= 0.6 is 0 Å². The van der Waals surface area contributed by atoms with Crippen molar-refractivity contribution in [2.45, 2.75) is 12.8 Å². The zero-order chi connectivity index (χ0) is 20.1. The highest BCUT2D eigenvalue weighted by molar-refractivity contribution is 6.23. The molecule has 0 saturated carbocycles. The van der Waals surface area contributed by atoms with Gasteiger partial charge in [-0.15, -0.1) is 0 Å². The molecule has 1 heterocycles. The molecule has 3 aromatic carbocycles. The lowest BCUT2D eigenvalue weighted by molar-refractivity contribution is 0.219. The van der Waals surface area contributed by atoms with Crippen LogP contribution in [-0.2, 0) is 0 Å². The number of hydrogen-bond donors (Lipinski definition) is 0. The van der Waals surface area contributed by atoms with Crippen molar-refractivity contribution >= 4 is 23.2 Å². The van der Waals surface area contributed by atoms with Crippen molar-refractivity contribution in [2.75, 3.05) is 18.0 Å². The Morgan fingerprint density at radius 1 is 0.828 bits per heavy atom. The molecule has 146 valence electrons. The van der Waals surface area contributed by atoms with E-state index in [-0.39, 0.29) is 17.4 Å². The molecule has 3 aromatic rings. The van der Waals surface area contributed by atoms with Crippen LogP contribution in [0.1, 0.15) is 18.4 Å². The van der Waals surface area contributed by atoms with Crippen LogP contribution in [0.5, 0.6) is 0 Å². The van der Waals surface area contributed by atoms with Gasteiger partial charge in [-0.25, -0.2) is 19.1 Å². The Morgan fingerprint density at radius 3 is 2.07 bits per heavy atom. The molecule has 0 radical (unpaired) electrons.